The summed E-state index contributed by atoms with van der Waals surface area (Å²) in [7, 11) is 1.63. The van der Waals surface area contributed by atoms with E-state index in [0.29, 0.717) is 6.61 Å². The van der Waals surface area contributed by atoms with E-state index in [0.717, 1.165) is 28.2 Å². The first kappa shape index (κ1) is 14.0. The summed E-state index contributed by atoms with van der Waals surface area (Å²) >= 11 is 0. The van der Waals surface area contributed by atoms with Crippen molar-refractivity contribution >= 4 is 5.57 Å². The Balaban J connectivity index is 2.20. The molecule has 3 nitrogen and oxygen atoms in total. The minimum absolute atomic E-state index is 0.506. The Morgan fingerprint density at radius 2 is 1.85 bits per heavy atom. The van der Waals surface area contributed by atoms with Gasteiger partial charge in [-0.05, 0) is 42.0 Å². The quantitative estimate of drug-likeness (QED) is 0.902. The fourth-order valence-electron chi connectivity index (χ4n) is 1.87. The molecule has 104 valence electrons. The first-order valence-corrected chi connectivity index (χ1v) is 6.48. The molecule has 0 amide bonds. The van der Waals surface area contributed by atoms with Crippen LogP contribution in [-0.2, 0) is 6.61 Å². The molecule has 3 heteroatoms. The number of hydrogen-bond acceptors (Lipinski definition) is 3. The largest absolute Gasteiger partial charge is 0.493 e. The Morgan fingerprint density at radius 3 is 2.50 bits per heavy atom. The second-order valence-corrected chi connectivity index (χ2v) is 4.49. The number of hydrogen-bond donors (Lipinski definition) is 1. The summed E-state index contributed by atoms with van der Waals surface area (Å²) in [6, 6.07) is 15.8. The molecule has 0 fully saturated rings. The monoisotopic (exact) mass is 269 g/mol. The van der Waals surface area contributed by atoms with Crippen LogP contribution in [0, 0.1) is 0 Å². The van der Waals surface area contributed by atoms with Crippen molar-refractivity contribution in [1.29, 1.82) is 0 Å². The zero-order valence-electron chi connectivity index (χ0n) is 11.8. The van der Waals surface area contributed by atoms with Gasteiger partial charge in [-0.25, -0.2) is 0 Å². The molecular weight excluding hydrogens is 250 g/mol. The number of nitrogens with two attached hydrogens (primary N) is 1. The van der Waals surface area contributed by atoms with E-state index in [1.165, 1.54) is 0 Å². The predicted molar refractivity (Wildman–Crippen MR) is 81.6 cm³/mol. The van der Waals surface area contributed by atoms with Crippen LogP contribution >= 0.6 is 0 Å². The summed E-state index contributed by atoms with van der Waals surface area (Å²) in [6.07, 6.45) is 1.59. The Kier molecular flexibility index (Phi) is 4.66. The van der Waals surface area contributed by atoms with Gasteiger partial charge in [0.05, 0.1) is 7.11 Å². The van der Waals surface area contributed by atoms with E-state index in [1.807, 2.05) is 55.5 Å². The van der Waals surface area contributed by atoms with Crippen molar-refractivity contribution < 1.29 is 9.47 Å². The van der Waals surface area contributed by atoms with Crippen molar-refractivity contribution in [2.75, 3.05) is 7.11 Å². The summed E-state index contributed by atoms with van der Waals surface area (Å²) in [5, 5.41) is 0. The van der Waals surface area contributed by atoms with E-state index < -0.39 is 0 Å². The summed E-state index contributed by atoms with van der Waals surface area (Å²) in [4.78, 5) is 0. The van der Waals surface area contributed by atoms with Crippen molar-refractivity contribution in [1.82, 2.24) is 0 Å². The molecular formula is C17H19NO2. The van der Waals surface area contributed by atoms with Gasteiger partial charge in [-0.3, -0.25) is 0 Å². The minimum Gasteiger partial charge on any atom is -0.493 e. The van der Waals surface area contributed by atoms with Crippen molar-refractivity contribution in [3.05, 3.63) is 65.9 Å². The Labute approximate surface area is 119 Å². The summed E-state index contributed by atoms with van der Waals surface area (Å²) in [5.74, 6) is 1.43. The first-order valence-electron chi connectivity index (χ1n) is 6.48. The molecule has 0 aliphatic heterocycles. The molecule has 2 N–H and O–H groups in total. The predicted octanol–water partition coefficient (Wildman–Crippen LogP) is 3.59. The van der Waals surface area contributed by atoms with E-state index >= 15 is 0 Å². The standard InChI is InChI=1S/C17H19NO2/c1-13(11-18)15-8-9-16(19-2)17(10-15)20-12-14-6-4-3-5-7-14/h3-11H,12,18H2,1-2H3/b13-11+. The van der Waals surface area contributed by atoms with Gasteiger partial charge in [0.15, 0.2) is 11.5 Å². The maximum Gasteiger partial charge on any atom is 0.162 e. The molecule has 0 atom stereocenters. The van der Waals surface area contributed by atoms with Crippen LogP contribution in [0.4, 0.5) is 0 Å². The van der Waals surface area contributed by atoms with Gasteiger partial charge in [0.25, 0.3) is 0 Å². The number of benzene rings is 2. The molecule has 0 heterocycles. The summed E-state index contributed by atoms with van der Waals surface area (Å²) in [6.45, 7) is 2.47. The number of ether oxygens (including phenoxy) is 2. The van der Waals surface area contributed by atoms with E-state index in [2.05, 4.69) is 0 Å². The zero-order valence-corrected chi connectivity index (χ0v) is 11.8. The van der Waals surface area contributed by atoms with Gasteiger partial charge in [0.1, 0.15) is 6.61 Å². The SMILES string of the molecule is COc1ccc(/C(C)=C/N)cc1OCc1ccccc1. The maximum absolute atomic E-state index is 5.86. The lowest BCUT2D eigenvalue weighted by Crippen LogP contribution is -1.98. The van der Waals surface area contributed by atoms with Gasteiger partial charge in [-0.1, -0.05) is 36.4 Å². The number of methoxy groups -OCH3 is 1. The molecule has 0 radical (unpaired) electrons. The topological polar surface area (TPSA) is 44.5 Å². The normalized spacial score (nSPS) is 11.2. The molecule has 20 heavy (non-hydrogen) atoms. The highest BCUT2D eigenvalue weighted by Crippen LogP contribution is 2.31. The Bertz CT molecular complexity index is 591. The molecule has 2 rings (SSSR count). The van der Waals surface area contributed by atoms with Crippen molar-refractivity contribution in [2.24, 2.45) is 5.73 Å². The third-order valence-electron chi connectivity index (χ3n) is 3.11. The van der Waals surface area contributed by atoms with Crippen LogP contribution in [0.2, 0.25) is 0 Å². The minimum atomic E-state index is 0.506. The lowest BCUT2D eigenvalue weighted by atomic mass is 10.1. The zero-order chi connectivity index (χ0) is 14.4. The lowest BCUT2D eigenvalue weighted by molar-refractivity contribution is 0.284. The lowest BCUT2D eigenvalue weighted by Gasteiger charge is -2.12. The third-order valence-corrected chi connectivity index (χ3v) is 3.11. The molecule has 0 bridgehead atoms. The van der Waals surface area contributed by atoms with Crippen LogP contribution in [0.25, 0.3) is 5.57 Å². The van der Waals surface area contributed by atoms with Crippen LogP contribution < -0.4 is 15.2 Å². The van der Waals surface area contributed by atoms with Crippen LogP contribution in [0.15, 0.2) is 54.7 Å². The van der Waals surface area contributed by atoms with E-state index in [9.17, 15) is 0 Å². The van der Waals surface area contributed by atoms with E-state index in [-0.39, 0.29) is 0 Å². The molecule has 0 unspecified atom stereocenters. The molecule has 2 aromatic rings. The van der Waals surface area contributed by atoms with Crippen LogP contribution in [0.3, 0.4) is 0 Å². The van der Waals surface area contributed by atoms with Crippen molar-refractivity contribution in [2.45, 2.75) is 13.5 Å². The highest BCUT2D eigenvalue weighted by Gasteiger charge is 2.07. The second kappa shape index (κ2) is 6.66. The molecule has 0 aliphatic rings. The van der Waals surface area contributed by atoms with Gasteiger partial charge in [-0.2, -0.15) is 0 Å². The van der Waals surface area contributed by atoms with Gasteiger partial charge >= 0.3 is 0 Å². The first-order chi connectivity index (χ1) is 9.74. The average Bonchev–Trinajstić information content (AvgIpc) is 2.52. The van der Waals surface area contributed by atoms with Crippen molar-refractivity contribution in [3.63, 3.8) is 0 Å². The average molecular weight is 269 g/mol. The second-order valence-electron chi connectivity index (χ2n) is 4.49. The number of rotatable bonds is 5. The van der Waals surface area contributed by atoms with Gasteiger partial charge in [0, 0.05) is 0 Å². The van der Waals surface area contributed by atoms with Gasteiger partial charge < -0.3 is 15.2 Å². The van der Waals surface area contributed by atoms with Crippen LogP contribution in [-0.4, -0.2) is 7.11 Å². The van der Waals surface area contributed by atoms with E-state index in [4.69, 9.17) is 15.2 Å². The highest BCUT2D eigenvalue weighted by molar-refractivity contribution is 5.66. The van der Waals surface area contributed by atoms with Crippen LogP contribution in [0.1, 0.15) is 18.1 Å². The fraction of sp³-hybridized carbons (Fsp3) is 0.176. The highest BCUT2D eigenvalue weighted by atomic mass is 16.5. The fourth-order valence-corrected chi connectivity index (χ4v) is 1.87. The van der Waals surface area contributed by atoms with Gasteiger partial charge in [-0.15, -0.1) is 0 Å². The molecule has 0 spiro atoms. The van der Waals surface area contributed by atoms with Gasteiger partial charge in [0.2, 0.25) is 0 Å². The Morgan fingerprint density at radius 1 is 1.10 bits per heavy atom. The van der Waals surface area contributed by atoms with E-state index in [1.54, 1.807) is 13.3 Å². The molecule has 0 saturated carbocycles. The van der Waals surface area contributed by atoms with Crippen LogP contribution in [0.5, 0.6) is 11.5 Å². The smallest absolute Gasteiger partial charge is 0.162 e. The summed E-state index contributed by atoms with van der Waals surface area (Å²) in [5.41, 5.74) is 8.69. The molecule has 0 saturated heterocycles. The molecule has 2 aromatic carbocycles. The molecule has 0 aromatic heterocycles. The van der Waals surface area contributed by atoms with Crippen molar-refractivity contribution in [3.8, 4) is 11.5 Å². The molecule has 0 aliphatic carbocycles. The Hall–Kier alpha value is -2.42. The summed E-state index contributed by atoms with van der Waals surface area (Å²) < 4.78 is 11.2. The number of allylic oxidation sites excluding steroid dienone is 1. The maximum atomic E-state index is 5.86. The third kappa shape index (κ3) is 3.32.